The number of hydrogen-bond acceptors (Lipinski definition) is 3. The molecule has 5 nitrogen and oxygen atoms in total. The second kappa shape index (κ2) is 7.95. The lowest BCUT2D eigenvalue weighted by atomic mass is 10.2. The molecule has 1 aromatic heterocycles. The zero-order valence-corrected chi connectivity index (χ0v) is 16.1. The van der Waals surface area contributed by atoms with Gasteiger partial charge in [0, 0.05) is 49.6 Å². The first kappa shape index (κ1) is 17.9. The van der Waals surface area contributed by atoms with Crippen LogP contribution in [-0.4, -0.2) is 51.0 Å². The van der Waals surface area contributed by atoms with Gasteiger partial charge in [0.05, 0.1) is 6.54 Å². The van der Waals surface area contributed by atoms with E-state index >= 15 is 0 Å². The van der Waals surface area contributed by atoms with E-state index in [0.29, 0.717) is 6.54 Å². The third-order valence-electron chi connectivity index (χ3n) is 4.34. The molecule has 3 rings (SSSR count). The molecule has 1 aliphatic rings. The summed E-state index contributed by atoms with van der Waals surface area (Å²) in [4.78, 5) is 11.3. The Kier molecular flexibility index (Phi) is 5.68. The van der Waals surface area contributed by atoms with Gasteiger partial charge in [-0.15, -0.1) is 0 Å². The minimum Gasteiger partial charge on any atom is -0.349 e. The van der Waals surface area contributed by atoms with Crippen LogP contribution in [0.2, 0.25) is 0 Å². The van der Waals surface area contributed by atoms with Gasteiger partial charge >= 0.3 is 0 Å². The predicted molar refractivity (Wildman–Crippen MR) is 106 cm³/mol. The summed E-state index contributed by atoms with van der Waals surface area (Å²) in [6.45, 7) is 8.15. The fourth-order valence-corrected chi connectivity index (χ4v) is 4.23. The van der Waals surface area contributed by atoms with Gasteiger partial charge in [-0.3, -0.25) is 4.99 Å². The van der Waals surface area contributed by atoms with Crippen molar-refractivity contribution in [3.63, 3.8) is 0 Å². The molecule has 0 amide bonds. The fourth-order valence-electron chi connectivity index (χ4n) is 3.12. The summed E-state index contributed by atoms with van der Waals surface area (Å²) >= 11 is 2.03. The van der Waals surface area contributed by atoms with E-state index in [4.69, 9.17) is 0 Å². The second-order valence-corrected chi connectivity index (χ2v) is 8.69. The Hall–Kier alpha value is -1.95. The van der Waals surface area contributed by atoms with E-state index in [1.807, 2.05) is 37.3 Å². The van der Waals surface area contributed by atoms with Crippen molar-refractivity contribution in [3.8, 4) is 0 Å². The van der Waals surface area contributed by atoms with E-state index in [1.54, 1.807) is 0 Å². The van der Waals surface area contributed by atoms with E-state index in [0.717, 1.165) is 37.2 Å². The molecular formula is C19H27N5S. The van der Waals surface area contributed by atoms with Crippen LogP contribution in [0, 0.1) is 0 Å². The van der Waals surface area contributed by atoms with Crippen LogP contribution in [-0.2, 0) is 13.1 Å². The van der Waals surface area contributed by atoms with Crippen LogP contribution < -0.4 is 5.32 Å². The van der Waals surface area contributed by atoms with Crippen molar-refractivity contribution >= 4 is 17.7 Å². The predicted octanol–water partition coefficient (Wildman–Crippen LogP) is 2.83. The summed E-state index contributed by atoms with van der Waals surface area (Å²) in [5.41, 5.74) is 1.28. The molecule has 2 heterocycles. The largest absolute Gasteiger partial charge is 0.349 e. The molecule has 0 bridgehead atoms. The van der Waals surface area contributed by atoms with Crippen molar-refractivity contribution < 1.29 is 0 Å². The van der Waals surface area contributed by atoms with E-state index < -0.39 is 0 Å². The smallest absolute Gasteiger partial charge is 0.194 e. The van der Waals surface area contributed by atoms with Crippen LogP contribution in [0.3, 0.4) is 0 Å². The number of benzene rings is 1. The number of imidazole rings is 1. The van der Waals surface area contributed by atoms with Crippen molar-refractivity contribution in [1.29, 1.82) is 0 Å². The number of thioether (sulfide) groups is 1. The van der Waals surface area contributed by atoms with Crippen molar-refractivity contribution in [2.75, 3.05) is 25.9 Å². The van der Waals surface area contributed by atoms with Crippen LogP contribution >= 0.6 is 11.8 Å². The summed E-state index contributed by atoms with van der Waals surface area (Å²) in [6.07, 6.45) is 3.90. The van der Waals surface area contributed by atoms with Gasteiger partial charge in [0.25, 0.3) is 0 Å². The molecule has 0 saturated carbocycles. The number of aromatic nitrogens is 2. The summed E-state index contributed by atoms with van der Waals surface area (Å²) in [7, 11) is 1.85. The van der Waals surface area contributed by atoms with E-state index in [2.05, 4.69) is 62.9 Å². The topological polar surface area (TPSA) is 45.5 Å². The quantitative estimate of drug-likeness (QED) is 0.675. The number of nitrogens with zero attached hydrogens (tertiary/aromatic N) is 4. The van der Waals surface area contributed by atoms with Crippen LogP contribution in [0.25, 0.3) is 0 Å². The van der Waals surface area contributed by atoms with Gasteiger partial charge in [0.15, 0.2) is 5.96 Å². The highest BCUT2D eigenvalue weighted by atomic mass is 32.2. The van der Waals surface area contributed by atoms with E-state index in [9.17, 15) is 0 Å². The van der Waals surface area contributed by atoms with Gasteiger partial charge in [0.1, 0.15) is 5.82 Å². The van der Waals surface area contributed by atoms with Crippen LogP contribution in [0.5, 0.6) is 0 Å². The molecule has 0 radical (unpaired) electrons. The molecule has 0 aliphatic carbocycles. The first-order chi connectivity index (χ1) is 12.1. The SMILES string of the molecule is CN=C(NCc1nccn1Cc1ccccc1)N1CCSC(C)(C)C1. The number of aliphatic imine (C=N–C) groups is 1. The minimum absolute atomic E-state index is 0.266. The third-order valence-corrected chi connectivity index (χ3v) is 5.64. The number of guanidine groups is 1. The standard InChI is InChI=1S/C19H27N5S/c1-19(2)15-24(11-12-25-19)18(20-3)22-13-17-21-9-10-23(17)14-16-7-5-4-6-8-16/h4-10H,11-15H2,1-3H3,(H,20,22). The average Bonchev–Trinajstić information content (AvgIpc) is 3.03. The molecule has 1 fully saturated rings. The van der Waals surface area contributed by atoms with Crippen LogP contribution in [0.15, 0.2) is 47.7 Å². The Bertz CT molecular complexity index is 708. The second-order valence-electron chi connectivity index (χ2n) is 6.89. The zero-order valence-electron chi connectivity index (χ0n) is 15.3. The molecular weight excluding hydrogens is 330 g/mol. The molecule has 0 atom stereocenters. The normalized spacial score (nSPS) is 17.6. The monoisotopic (exact) mass is 357 g/mol. The maximum atomic E-state index is 4.52. The van der Waals surface area contributed by atoms with Crippen molar-refractivity contribution in [3.05, 3.63) is 54.1 Å². The van der Waals surface area contributed by atoms with Crippen LogP contribution in [0.4, 0.5) is 0 Å². The number of hydrogen-bond donors (Lipinski definition) is 1. The summed E-state index contributed by atoms with van der Waals surface area (Å²) in [6, 6.07) is 10.5. The minimum atomic E-state index is 0.266. The lowest BCUT2D eigenvalue weighted by Crippen LogP contribution is -2.50. The molecule has 25 heavy (non-hydrogen) atoms. The zero-order chi connectivity index (χ0) is 17.7. The highest BCUT2D eigenvalue weighted by Gasteiger charge is 2.28. The Morgan fingerprint density at radius 2 is 2.12 bits per heavy atom. The average molecular weight is 358 g/mol. The molecule has 1 aliphatic heterocycles. The lowest BCUT2D eigenvalue weighted by Gasteiger charge is -2.39. The van der Waals surface area contributed by atoms with Crippen molar-refractivity contribution in [2.24, 2.45) is 4.99 Å². The number of rotatable bonds is 4. The molecule has 1 aromatic carbocycles. The van der Waals surface area contributed by atoms with Gasteiger partial charge < -0.3 is 14.8 Å². The summed E-state index contributed by atoms with van der Waals surface area (Å²) in [5.74, 6) is 3.12. The highest BCUT2D eigenvalue weighted by molar-refractivity contribution is 8.00. The summed E-state index contributed by atoms with van der Waals surface area (Å²) in [5, 5.41) is 3.49. The molecule has 6 heteroatoms. The molecule has 1 saturated heterocycles. The maximum absolute atomic E-state index is 4.52. The Labute approximate surface area is 154 Å². The maximum Gasteiger partial charge on any atom is 0.194 e. The molecule has 1 N–H and O–H groups in total. The van der Waals surface area contributed by atoms with Gasteiger partial charge in [0.2, 0.25) is 0 Å². The third kappa shape index (κ3) is 4.78. The first-order valence-corrected chi connectivity index (χ1v) is 9.69. The van der Waals surface area contributed by atoms with Gasteiger partial charge in [-0.1, -0.05) is 30.3 Å². The van der Waals surface area contributed by atoms with Crippen molar-refractivity contribution in [2.45, 2.75) is 31.7 Å². The fraction of sp³-hybridized carbons (Fsp3) is 0.474. The Morgan fingerprint density at radius 3 is 2.84 bits per heavy atom. The van der Waals surface area contributed by atoms with E-state index in [-0.39, 0.29) is 4.75 Å². The van der Waals surface area contributed by atoms with E-state index in [1.165, 1.54) is 5.56 Å². The first-order valence-electron chi connectivity index (χ1n) is 8.71. The van der Waals surface area contributed by atoms with Gasteiger partial charge in [-0.2, -0.15) is 11.8 Å². The van der Waals surface area contributed by atoms with Crippen LogP contribution in [0.1, 0.15) is 25.2 Å². The summed E-state index contributed by atoms with van der Waals surface area (Å²) < 4.78 is 2.45. The van der Waals surface area contributed by atoms with Gasteiger partial charge in [-0.25, -0.2) is 4.98 Å². The number of nitrogens with one attached hydrogen (secondary N) is 1. The molecule has 0 spiro atoms. The molecule has 0 unspecified atom stereocenters. The molecule has 2 aromatic rings. The van der Waals surface area contributed by atoms with Crippen molar-refractivity contribution in [1.82, 2.24) is 19.8 Å². The highest BCUT2D eigenvalue weighted by Crippen LogP contribution is 2.29. The Morgan fingerprint density at radius 1 is 1.32 bits per heavy atom. The molecule has 134 valence electrons. The van der Waals surface area contributed by atoms with Gasteiger partial charge in [-0.05, 0) is 19.4 Å². The lowest BCUT2D eigenvalue weighted by molar-refractivity contribution is 0.375. The Balaban J connectivity index is 1.62.